The van der Waals surface area contributed by atoms with Gasteiger partial charge in [-0.25, -0.2) is 0 Å². The second kappa shape index (κ2) is 3.37. The fourth-order valence-electron chi connectivity index (χ4n) is 2.66. The van der Waals surface area contributed by atoms with Crippen LogP contribution in [0, 0.1) is 11.8 Å². The topological polar surface area (TPSA) is 3.24 Å². The summed E-state index contributed by atoms with van der Waals surface area (Å²) < 4.78 is 0. The first-order valence-electron chi connectivity index (χ1n) is 5.44. The maximum absolute atomic E-state index is 2.41. The van der Waals surface area contributed by atoms with E-state index in [0.717, 1.165) is 17.9 Å². The van der Waals surface area contributed by atoms with Crippen molar-refractivity contribution in [2.75, 3.05) is 14.1 Å². The Labute approximate surface area is 76.1 Å². The standard InChI is InChI=1S/C11H21N/c1-12(2)11-7-5-10(6-8-11)9-3-4-9/h9-11H,3-8H2,1-2H3. The molecule has 70 valence electrons. The second-order valence-electron chi connectivity index (χ2n) is 4.87. The van der Waals surface area contributed by atoms with Gasteiger partial charge in [-0.05, 0) is 64.5 Å². The summed E-state index contributed by atoms with van der Waals surface area (Å²) in [4.78, 5) is 2.41. The van der Waals surface area contributed by atoms with Crippen molar-refractivity contribution in [3.63, 3.8) is 0 Å². The van der Waals surface area contributed by atoms with E-state index >= 15 is 0 Å². The predicted octanol–water partition coefficient (Wildman–Crippen LogP) is 2.52. The summed E-state index contributed by atoms with van der Waals surface area (Å²) >= 11 is 0. The van der Waals surface area contributed by atoms with Gasteiger partial charge in [0.25, 0.3) is 0 Å². The Bertz CT molecular complexity index is 131. The van der Waals surface area contributed by atoms with Crippen LogP contribution < -0.4 is 0 Å². The molecular weight excluding hydrogens is 146 g/mol. The van der Waals surface area contributed by atoms with Gasteiger partial charge in [-0.2, -0.15) is 0 Å². The van der Waals surface area contributed by atoms with Gasteiger partial charge in [-0.15, -0.1) is 0 Å². The minimum Gasteiger partial charge on any atom is -0.306 e. The van der Waals surface area contributed by atoms with Gasteiger partial charge in [-0.3, -0.25) is 0 Å². The molecule has 2 aliphatic rings. The minimum atomic E-state index is 0.889. The molecule has 0 atom stereocenters. The number of hydrogen-bond acceptors (Lipinski definition) is 1. The molecule has 2 saturated carbocycles. The Kier molecular flexibility index (Phi) is 2.40. The second-order valence-corrected chi connectivity index (χ2v) is 4.87. The molecule has 1 nitrogen and oxygen atoms in total. The van der Waals surface area contributed by atoms with E-state index < -0.39 is 0 Å². The molecule has 0 heterocycles. The zero-order valence-corrected chi connectivity index (χ0v) is 8.42. The predicted molar refractivity (Wildman–Crippen MR) is 52.2 cm³/mol. The molecule has 0 bridgehead atoms. The van der Waals surface area contributed by atoms with Crippen molar-refractivity contribution >= 4 is 0 Å². The number of hydrogen-bond donors (Lipinski definition) is 0. The highest BCUT2D eigenvalue weighted by molar-refractivity contribution is 4.86. The molecule has 0 spiro atoms. The van der Waals surface area contributed by atoms with Crippen LogP contribution in [0.5, 0.6) is 0 Å². The van der Waals surface area contributed by atoms with Gasteiger partial charge in [0.05, 0.1) is 0 Å². The molecule has 2 fully saturated rings. The van der Waals surface area contributed by atoms with E-state index in [2.05, 4.69) is 19.0 Å². The largest absolute Gasteiger partial charge is 0.306 e. The molecule has 0 saturated heterocycles. The summed E-state index contributed by atoms with van der Waals surface area (Å²) in [6.07, 6.45) is 9.00. The molecule has 0 aliphatic heterocycles. The summed E-state index contributed by atoms with van der Waals surface area (Å²) in [6.45, 7) is 0. The van der Waals surface area contributed by atoms with Gasteiger partial charge in [-0.1, -0.05) is 0 Å². The molecular formula is C11H21N. The SMILES string of the molecule is CN(C)C1CCC(C2CC2)CC1. The first kappa shape index (κ1) is 8.55. The van der Waals surface area contributed by atoms with Gasteiger partial charge in [0, 0.05) is 6.04 Å². The molecule has 0 aromatic rings. The van der Waals surface area contributed by atoms with Crippen molar-refractivity contribution in [3.05, 3.63) is 0 Å². The Morgan fingerprint density at radius 2 is 1.17 bits per heavy atom. The average Bonchev–Trinajstić information content (AvgIpc) is 2.87. The van der Waals surface area contributed by atoms with Crippen LogP contribution in [0.15, 0.2) is 0 Å². The van der Waals surface area contributed by atoms with Crippen LogP contribution in [0.25, 0.3) is 0 Å². The van der Waals surface area contributed by atoms with Gasteiger partial charge in [0.1, 0.15) is 0 Å². The fourth-order valence-corrected chi connectivity index (χ4v) is 2.66. The quantitative estimate of drug-likeness (QED) is 0.611. The molecule has 0 aromatic carbocycles. The number of rotatable bonds is 2. The van der Waals surface area contributed by atoms with Gasteiger partial charge in [0.15, 0.2) is 0 Å². The molecule has 1 heteroatoms. The van der Waals surface area contributed by atoms with Gasteiger partial charge < -0.3 is 4.90 Å². The van der Waals surface area contributed by atoms with E-state index in [1.54, 1.807) is 0 Å². The Morgan fingerprint density at radius 1 is 0.750 bits per heavy atom. The molecule has 2 aliphatic carbocycles. The fraction of sp³-hybridized carbons (Fsp3) is 1.00. The molecule has 0 unspecified atom stereocenters. The normalized spacial score (nSPS) is 37.2. The van der Waals surface area contributed by atoms with E-state index in [-0.39, 0.29) is 0 Å². The van der Waals surface area contributed by atoms with E-state index in [4.69, 9.17) is 0 Å². The highest BCUT2D eigenvalue weighted by Crippen LogP contribution is 2.44. The van der Waals surface area contributed by atoms with Crippen LogP contribution in [0.4, 0.5) is 0 Å². The van der Waals surface area contributed by atoms with Gasteiger partial charge in [0.2, 0.25) is 0 Å². The maximum Gasteiger partial charge on any atom is 0.00893 e. The zero-order valence-electron chi connectivity index (χ0n) is 8.42. The van der Waals surface area contributed by atoms with E-state index in [0.29, 0.717) is 0 Å². The summed E-state index contributed by atoms with van der Waals surface area (Å²) in [7, 11) is 4.45. The first-order chi connectivity index (χ1) is 5.77. The van der Waals surface area contributed by atoms with Crippen molar-refractivity contribution in [2.24, 2.45) is 11.8 Å². The Hall–Kier alpha value is -0.0400. The number of nitrogens with zero attached hydrogens (tertiary/aromatic N) is 1. The van der Waals surface area contributed by atoms with Crippen molar-refractivity contribution < 1.29 is 0 Å². The monoisotopic (exact) mass is 167 g/mol. The minimum absolute atomic E-state index is 0.889. The lowest BCUT2D eigenvalue weighted by Crippen LogP contribution is -2.32. The average molecular weight is 167 g/mol. The maximum atomic E-state index is 2.41. The summed E-state index contributed by atoms with van der Waals surface area (Å²) in [5.41, 5.74) is 0. The zero-order chi connectivity index (χ0) is 8.55. The van der Waals surface area contributed by atoms with E-state index in [9.17, 15) is 0 Å². The van der Waals surface area contributed by atoms with Crippen molar-refractivity contribution in [2.45, 2.75) is 44.6 Å². The third-order valence-corrected chi connectivity index (χ3v) is 3.76. The lowest BCUT2D eigenvalue weighted by atomic mass is 9.83. The molecule has 0 amide bonds. The van der Waals surface area contributed by atoms with Crippen LogP contribution in [0.3, 0.4) is 0 Å². The highest BCUT2D eigenvalue weighted by Gasteiger charge is 2.34. The summed E-state index contributed by atoms with van der Waals surface area (Å²) in [6, 6.07) is 0.889. The van der Waals surface area contributed by atoms with E-state index in [1.807, 2.05) is 0 Å². The van der Waals surface area contributed by atoms with Crippen LogP contribution in [0.1, 0.15) is 38.5 Å². The smallest absolute Gasteiger partial charge is 0.00893 e. The molecule has 12 heavy (non-hydrogen) atoms. The third-order valence-electron chi connectivity index (χ3n) is 3.76. The van der Waals surface area contributed by atoms with Crippen LogP contribution in [-0.2, 0) is 0 Å². The molecule has 0 radical (unpaired) electrons. The van der Waals surface area contributed by atoms with E-state index in [1.165, 1.54) is 38.5 Å². The van der Waals surface area contributed by atoms with Gasteiger partial charge >= 0.3 is 0 Å². The lowest BCUT2D eigenvalue weighted by molar-refractivity contribution is 0.183. The third kappa shape index (κ3) is 1.82. The van der Waals surface area contributed by atoms with Crippen molar-refractivity contribution in [1.29, 1.82) is 0 Å². The lowest BCUT2D eigenvalue weighted by Gasteiger charge is -2.32. The summed E-state index contributed by atoms with van der Waals surface area (Å²) in [5, 5.41) is 0. The van der Waals surface area contributed by atoms with Crippen LogP contribution >= 0.6 is 0 Å². The molecule has 2 rings (SSSR count). The summed E-state index contributed by atoms with van der Waals surface area (Å²) in [5.74, 6) is 2.26. The van der Waals surface area contributed by atoms with Crippen LogP contribution in [-0.4, -0.2) is 25.0 Å². The van der Waals surface area contributed by atoms with Crippen molar-refractivity contribution in [3.8, 4) is 0 Å². The molecule has 0 aromatic heterocycles. The Balaban J connectivity index is 1.76. The molecule has 0 N–H and O–H groups in total. The first-order valence-corrected chi connectivity index (χ1v) is 5.44. The highest BCUT2D eigenvalue weighted by atomic mass is 15.1. The van der Waals surface area contributed by atoms with Crippen LogP contribution in [0.2, 0.25) is 0 Å². The van der Waals surface area contributed by atoms with Crippen molar-refractivity contribution in [1.82, 2.24) is 4.90 Å². The Morgan fingerprint density at radius 3 is 1.50 bits per heavy atom.